The van der Waals surface area contributed by atoms with E-state index in [0.717, 1.165) is 18.7 Å². The highest BCUT2D eigenvalue weighted by Gasteiger charge is 2.17. The third-order valence-electron chi connectivity index (χ3n) is 2.48. The third-order valence-corrected chi connectivity index (χ3v) is 2.48. The molecule has 0 spiro atoms. The molecule has 0 aliphatic rings. The molecule has 0 heterocycles. The van der Waals surface area contributed by atoms with Gasteiger partial charge in [-0.2, -0.15) is 0 Å². The molecule has 110 valence electrons. The lowest BCUT2D eigenvalue weighted by molar-refractivity contribution is -0.136. The predicted octanol–water partition coefficient (Wildman–Crippen LogP) is 0.971. The highest BCUT2D eigenvalue weighted by molar-refractivity contribution is 6.39. The van der Waals surface area contributed by atoms with Crippen molar-refractivity contribution in [2.24, 2.45) is 0 Å². The largest absolute Gasteiger partial charge is 0.348 e. The lowest BCUT2D eigenvalue weighted by atomic mass is 10.3. The molecular weight excluding hydrogens is 268 g/mol. The van der Waals surface area contributed by atoms with E-state index in [2.05, 4.69) is 5.32 Å². The van der Waals surface area contributed by atoms with Crippen molar-refractivity contribution in [2.45, 2.75) is 6.42 Å². The zero-order chi connectivity index (χ0) is 15.1. The molecule has 20 heavy (non-hydrogen) atoms. The Morgan fingerprint density at radius 1 is 1.15 bits per heavy atom. The summed E-state index contributed by atoms with van der Waals surface area (Å²) in [6.45, 7) is 1.06. The van der Waals surface area contributed by atoms with Crippen molar-refractivity contribution in [3.63, 3.8) is 0 Å². The molecule has 7 heteroatoms. The molecule has 0 saturated heterocycles. The summed E-state index contributed by atoms with van der Waals surface area (Å²) in [5.41, 5.74) is -0.624. The van der Waals surface area contributed by atoms with Crippen LogP contribution in [0.2, 0.25) is 0 Å². The Morgan fingerprint density at radius 3 is 2.30 bits per heavy atom. The van der Waals surface area contributed by atoms with Gasteiger partial charge in [0.05, 0.1) is 0 Å². The van der Waals surface area contributed by atoms with E-state index in [-0.39, 0.29) is 0 Å². The number of hydrogen-bond acceptors (Lipinski definition) is 3. The van der Waals surface area contributed by atoms with E-state index in [1.165, 1.54) is 6.07 Å². The molecule has 2 N–H and O–H groups in total. The fourth-order valence-electron chi connectivity index (χ4n) is 1.47. The Balaban J connectivity index is 2.48. The van der Waals surface area contributed by atoms with Crippen LogP contribution in [0.1, 0.15) is 6.42 Å². The highest BCUT2D eigenvalue weighted by atomic mass is 19.1. The average Bonchev–Trinajstić information content (AvgIpc) is 2.38. The van der Waals surface area contributed by atoms with E-state index in [9.17, 15) is 18.4 Å². The first-order chi connectivity index (χ1) is 9.41. The minimum atomic E-state index is -1.10. The number of nitrogens with zero attached hydrogens (tertiary/aromatic N) is 1. The summed E-state index contributed by atoms with van der Waals surface area (Å²) in [5.74, 6) is -3.89. The van der Waals surface area contributed by atoms with Crippen molar-refractivity contribution in [1.82, 2.24) is 10.2 Å². The number of benzene rings is 1. The maximum absolute atomic E-state index is 13.3. The SMILES string of the molecule is CN(C)CCCNC(=O)C(=O)Nc1c(F)cccc1F. The number of para-hydroxylation sites is 1. The van der Waals surface area contributed by atoms with Gasteiger partial charge >= 0.3 is 11.8 Å². The second-order valence-corrected chi connectivity index (χ2v) is 4.46. The normalized spacial score (nSPS) is 10.4. The predicted molar refractivity (Wildman–Crippen MR) is 71.2 cm³/mol. The van der Waals surface area contributed by atoms with Crippen LogP contribution in [0, 0.1) is 11.6 Å². The van der Waals surface area contributed by atoms with Gasteiger partial charge in [-0.15, -0.1) is 0 Å². The molecule has 0 radical (unpaired) electrons. The Hall–Kier alpha value is -2.02. The zero-order valence-electron chi connectivity index (χ0n) is 11.4. The van der Waals surface area contributed by atoms with Gasteiger partial charge in [-0.3, -0.25) is 9.59 Å². The number of anilines is 1. The lowest BCUT2D eigenvalue weighted by Crippen LogP contribution is -2.37. The van der Waals surface area contributed by atoms with Gasteiger partial charge in [-0.25, -0.2) is 8.78 Å². The Morgan fingerprint density at radius 2 is 1.75 bits per heavy atom. The van der Waals surface area contributed by atoms with Gasteiger partial charge in [0.2, 0.25) is 0 Å². The summed E-state index contributed by atoms with van der Waals surface area (Å²) < 4.78 is 26.6. The van der Waals surface area contributed by atoms with Crippen molar-refractivity contribution in [2.75, 3.05) is 32.5 Å². The molecule has 1 aromatic rings. The van der Waals surface area contributed by atoms with Crippen molar-refractivity contribution in [3.05, 3.63) is 29.8 Å². The van der Waals surface area contributed by atoms with E-state index < -0.39 is 29.1 Å². The number of amides is 2. The smallest absolute Gasteiger partial charge is 0.313 e. The van der Waals surface area contributed by atoms with Crippen LogP contribution >= 0.6 is 0 Å². The summed E-state index contributed by atoms with van der Waals surface area (Å²) in [4.78, 5) is 24.8. The van der Waals surface area contributed by atoms with Crippen LogP contribution < -0.4 is 10.6 Å². The van der Waals surface area contributed by atoms with Gasteiger partial charge in [0.1, 0.15) is 17.3 Å². The van der Waals surface area contributed by atoms with Gasteiger partial charge in [0.15, 0.2) is 0 Å². The summed E-state index contributed by atoms with van der Waals surface area (Å²) >= 11 is 0. The van der Waals surface area contributed by atoms with Gasteiger partial charge in [-0.1, -0.05) is 6.07 Å². The standard InChI is InChI=1S/C13H17F2N3O2/c1-18(2)8-4-7-16-12(19)13(20)17-11-9(14)5-3-6-10(11)15/h3,5-6H,4,7-8H2,1-2H3,(H,16,19)(H,17,20). The summed E-state index contributed by atoms with van der Waals surface area (Å²) in [6, 6.07) is 3.16. The van der Waals surface area contributed by atoms with Crippen LogP contribution in [0.3, 0.4) is 0 Å². The van der Waals surface area contributed by atoms with Gasteiger partial charge < -0.3 is 15.5 Å². The minimum Gasteiger partial charge on any atom is -0.348 e. The molecule has 0 bridgehead atoms. The Kier molecular flexibility index (Phi) is 6.05. The van der Waals surface area contributed by atoms with E-state index in [1.54, 1.807) is 0 Å². The first-order valence-electron chi connectivity index (χ1n) is 6.09. The molecule has 2 amide bonds. The van der Waals surface area contributed by atoms with Crippen molar-refractivity contribution < 1.29 is 18.4 Å². The summed E-state index contributed by atoms with van der Waals surface area (Å²) in [6.07, 6.45) is 0.667. The number of rotatable bonds is 5. The molecule has 0 aromatic heterocycles. The molecule has 0 saturated carbocycles. The zero-order valence-corrected chi connectivity index (χ0v) is 11.4. The van der Waals surface area contributed by atoms with Crippen LogP contribution in [0.25, 0.3) is 0 Å². The fourth-order valence-corrected chi connectivity index (χ4v) is 1.47. The number of halogens is 2. The number of hydrogen-bond donors (Lipinski definition) is 2. The molecule has 1 rings (SSSR count). The Labute approximate surface area is 115 Å². The second kappa shape index (κ2) is 7.54. The van der Waals surface area contributed by atoms with Crippen LogP contribution in [0.5, 0.6) is 0 Å². The van der Waals surface area contributed by atoms with E-state index in [1.807, 2.05) is 24.3 Å². The molecule has 0 aliphatic heterocycles. The van der Waals surface area contributed by atoms with Crippen LogP contribution in [-0.4, -0.2) is 43.9 Å². The number of nitrogens with one attached hydrogen (secondary N) is 2. The molecule has 0 fully saturated rings. The van der Waals surface area contributed by atoms with Gasteiger partial charge in [0, 0.05) is 6.54 Å². The first kappa shape index (κ1) is 16.0. The topological polar surface area (TPSA) is 61.4 Å². The Bertz CT molecular complexity index is 472. The maximum atomic E-state index is 13.3. The maximum Gasteiger partial charge on any atom is 0.313 e. The van der Waals surface area contributed by atoms with Crippen molar-refractivity contribution in [3.8, 4) is 0 Å². The monoisotopic (exact) mass is 285 g/mol. The quantitative estimate of drug-likeness (QED) is 0.626. The van der Waals surface area contributed by atoms with Crippen LogP contribution in [0.15, 0.2) is 18.2 Å². The van der Waals surface area contributed by atoms with Crippen molar-refractivity contribution in [1.29, 1.82) is 0 Å². The number of carbonyl (C=O) groups is 2. The average molecular weight is 285 g/mol. The van der Waals surface area contributed by atoms with Crippen molar-refractivity contribution >= 4 is 17.5 Å². The molecule has 0 aliphatic carbocycles. The van der Waals surface area contributed by atoms with Crippen LogP contribution in [-0.2, 0) is 9.59 Å². The second-order valence-electron chi connectivity index (χ2n) is 4.46. The van der Waals surface area contributed by atoms with Gasteiger partial charge in [0.25, 0.3) is 0 Å². The van der Waals surface area contributed by atoms with Crippen LogP contribution in [0.4, 0.5) is 14.5 Å². The van der Waals surface area contributed by atoms with E-state index in [0.29, 0.717) is 13.0 Å². The summed E-state index contributed by atoms with van der Waals surface area (Å²) in [5, 5.41) is 4.29. The fraction of sp³-hybridized carbons (Fsp3) is 0.385. The highest BCUT2D eigenvalue weighted by Crippen LogP contribution is 2.17. The lowest BCUT2D eigenvalue weighted by Gasteiger charge is -2.10. The molecule has 5 nitrogen and oxygen atoms in total. The molecule has 0 atom stereocenters. The minimum absolute atomic E-state index is 0.310. The van der Waals surface area contributed by atoms with E-state index in [4.69, 9.17) is 0 Å². The van der Waals surface area contributed by atoms with Gasteiger partial charge in [-0.05, 0) is 39.2 Å². The first-order valence-corrected chi connectivity index (χ1v) is 6.09. The third kappa shape index (κ3) is 4.93. The summed E-state index contributed by atoms with van der Waals surface area (Å²) in [7, 11) is 3.77. The molecular formula is C13H17F2N3O2. The number of carbonyl (C=O) groups excluding carboxylic acids is 2. The molecule has 0 unspecified atom stereocenters. The molecule has 1 aromatic carbocycles. The van der Waals surface area contributed by atoms with E-state index >= 15 is 0 Å².